The molecule has 1 heterocycles. The maximum atomic E-state index is 11.3. The lowest BCUT2D eigenvalue weighted by molar-refractivity contribution is -0.147. The molecule has 3 heteroatoms. The minimum atomic E-state index is -0.117. The molecule has 1 aliphatic heterocycles. The van der Waals surface area contributed by atoms with Crippen LogP contribution < -0.4 is 0 Å². The zero-order valence-corrected chi connectivity index (χ0v) is 8.75. The number of esters is 1. The van der Waals surface area contributed by atoms with Gasteiger partial charge in [-0.3, -0.25) is 9.69 Å². The molecule has 0 amide bonds. The van der Waals surface area contributed by atoms with Crippen molar-refractivity contribution in [2.24, 2.45) is 0 Å². The highest BCUT2D eigenvalue weighted by molar-refractivity contribution is 5.75. The monoisotopic (exact) mass is 185 g/mol. The van der Waals surface area contributed by atoms with Gasteiger partial charge in [0, 0.05) is 6.04 Å². The fraction of sp³-hybridized carbons (Fsp3) is 0.900. The lowest BCUT2D eigenvalue weighted by Crippen LogP contribution is -2.47. The topological polar surface area (TPSA) is 29.5 Å². The number of hydrogen-bond donors (Lipinski definition) is 0. The average Bonchev–Trinajstić information content (AvgIpc) is 2.16. The zero-order chi connectivity index (χ0) is 9.84. The molecule has 1 fully saturated rings. The SMILES string of the molecule is COC(=O)[C@H](C)N1CCCC[C@@H]1C. The first-order chi connectivity index (χ1) is 6.16. The van der Waals surface area contributed by atoms with Gasteiger partial charge in [0.2, 0.25) is 0 Å². The number of carbonyl (C=O) groups is 1. The number of nitrogens with zero attached hydrogens (tertiary/aromatic N) is 1. The molecule has 1 aliphatic rings. The zero-order valence-electron chi connectivity index (χ0n) is 8.75. The molecule has 0 bridgehead atoms. The van der Waals surface area contributed by atoms with Crippen LogP contribution in [0.5, 0.6) is 0 Å². The van der Waals surface area contributed by atoms with Crippen molar-refractivity contribution < 1.29 is 9.53 Å². The van der Waals surface area contributed by atoms with Crippen LogP contribution in [0.1, 0.15) is 33.1 Å². The summed E-state index contributed by atoms with van der Waals surface area (Å²) in [6.45, 7) is 5.13. The largest absolute Gasteiger partial charge is 0.468 e. The summed E-state index contributed by atoms with van der Waals surface area (Å²) in [7, 11) is 1.45. The lowest BCUT2D eigenvalue weighted by Gasteiger charge is -2.36. The van der Waals surface area contributed by atoms with Crippen LogP contribution in [0.15, 0.2) is 0 Å². The lowest BCUT2D eigenvalue weighted by atomic mass is 10.0. The van der Waals surface area contributed by atoms with Crippen LogP contribution in [-0.2, 0) is 9.53 Å². The molecule has 0 aromatic rings. The summed E-state index contributed by atoms with van der Waals surface area (Å²) >= 11 is 0. The van der Waals surface area contributed by atoms with Gasteiger partial charge in [-0.1, -0.05) is 6.42 Å². The molecule has 0 aromatic carbocycles. The molecule has 0 N–H and O–H groups in total. The molecule has 0 aliphatic carbocycles. The van der Waals surface area contributed by atoms with Gasteiger partial charge in [0.1, 0.15) is 6.04 Å². The summed E-state index contributed by atoms with van der Waals surface area (Å²) in [5, 5.41) is 0. The molecule has 3 nitrogen and oxygen atoms in total. The van der Waals surface area contributed by atoms with E-state index in [9.17, 15) is 4.79 Å². The maximum absolute atomic E-state index is 11.3. The van der Waals surface area contributed by atoms with Gasteiger partial charge in [0.25, 0.3) is 0 Å². The predicted octanol–water partition coefficient (Wildman–Crippen LogP) is 1.42. The summed E-state index contributed by atoms with van der Waals surface area (Å²) in [6.07, 6.45) is 3.68. The quantitative estimate of drug-likeness (QED) is 0.609. The number of rotatable bonds is 2. The Morgan fingerprint density at radius 1 is 1.54 bits per heavy atom. The van der Waals surface area contributed by atoms with Gasteiger partial charge in [-0.15, -0.1) is 0 Å². The Morgan fingerprint density at radius 3 is 2.77 bits per heavy atom. The van der Waals surface area contributed by atoms with Crippen LogP contribution in [0.2, 0.25) is 0 Å². The van der Waals surface area contributed by atoms with Gasteiger partial charge in [0.15, 0.2) is 0 Å². The van der Waals surface area contributed by atoms with Crippen LogP contribution in [0.4, 0.5) is 0 Å². The molecule has 1 saturated heterocycles. The Hall–Kier alpha value is -0.570. The first-order valence-corrected chi connectivity index (χ1v) is 5.00. The third-order valence-electron chi connectivity index (χ3n) is 2.89. The summed E-state index contributed by atoms with van der Waals surface area (Å²) in [4.78, 5) is 13.5. The van der Waals surface area contributed by atoms with Crippen molar-refractivity contribution in [3.63, 3.8) is 0 Å². The van der Waals surface area contributed by atoms with E-state index in [1.807, 2.05) is 6.92 Å². The Bertz CT molecular complexity index is 182. The van der Waals surface area contributed by atoms with Gasteiger partial charge < -0.3 is 4.74 Å². The fourth-order valence-electron chi connectivity index (χ4n) is 2.00. The number of hydrogen-bond acceptors (Lipinski definition) is 3. The van der Waals surface area contributed by atoms with Crippen LogP contribution >= 0.6 is 0 Å². The minimum absolute atomic E-state index is 0.0831. The van der Waals surface area contributed by atoms with E-state index in [1.165, 1.54) is 26.4 Å². The molecule has 76 valence electrons. The number of ether oxygens (including phenoxy) is 1. The van der Waals surface area contributed by atoms with Crippen molar-refractivity contribution in [2.75, 3.05) is 13.7 Å². The Labute approximate surface area is 80.1 Å². The molecule has 1 rings (SSSR count). The van der Waals surface area contributed by atoms with E-state index in [0.717, 1.165) is 6.54 Å². The first-order valence-electron chi connectivity index (χ1n) is 5.00. The number of methoxy groups -OCH3 is 1. The molecule has 2 atom stereocenters. The third-order valence-corrected chi connectivity index (χ3v) is 2.89. The predicted molar refractivity (Wildman–Crippen MR) is 51.5 cm³/mol. The van der Waals surface area contributed by atoms with E-state index in [0.29, 0.717) is 6.04 Å². The molecular formula is C10H19NO2. The first kappa shape index (κ1) is 10.5. The molecule has 0 spiro atoms. The average molecular weight is 185 g/mol. The highest BCUT2D eigenvalue weighted by Crippen LogP contribution is 2.19. The van der Waals surface area contributed by atoms with Gasteiger partial charge >= 0.3 is 5.97 Å². The summed E-state index contributed by atoms with van der Waals surface area (Å²) < 4.78 is 4.73. The van der Waals surface area contributed by atoms with Crippen molar-refractivity contribution in [1.82, 2.24) is 4.90 Å². The van der Waals surface area contributed by atoms with Crippen LogP contribution in [0.3, 0.4) is 0 Å². The summed E-state index contributed by atoms with van der Waals surface area (Å²) in [5.74, 6) is -0.117. The third kappa shape index (κ3) is 2.44. The summed E-state index contributed by atoms with van der Waals surface area (Å²) in [6, 6.07) is 0.433. The van der Waals surface area contributed by atoms with E-state index < -0.39 is 0 Å². The second-order valence-corrected chi connectivity index (χ2v) is 3.78. The van der Waals surface area contributed by atoms with E-state index >= 15 is 0 Å². The maximum Gasteiger partial charge on any atom is 0.322 e. The highest BCUT2D eigenvalue weighted by Gasteiger charge is 2.27. The number of carbonyl (C=O) groups excluding carboxylic acids is 1. The van der Waals surface area contributed by atoms with Crippen molar-refractivity contribution in [3.05, 3.63) is 0 Å². The van der Waals surface area contributed by atoms with Gasteiger partial charge in [0.05, 0.1) is 7.11 Å². The Morgan fingerprint density at radius 2 is 2.23 bits per heavy atom. The second kappa shape index (κ2) is 4.61. The smallest absolute Gasteiger partial charge is 0.322 e. The van der Waals surface area contributed by atoms with Gasteiger partial charge in [-0.2, -0.15) is 0 Å². The highest BCUT2D eigenvalue weighted by atomic mass is 16.5. The van der Waals surface area contributed by atoms with Crippen molar-refractivity contribution in [3.8, 4) is 0 Å². The molecule has 0 unspecified atom stereocenters. The number of likely N-dealkylation sites (tertiary alicyclic amines) is 1. The van der Waals surface area contributed by atoms with Crippen LogP contribution in [0, 0.1) is 0 Å². The Kier molecular flexibility index (Phi) is 3.72. The van der Waals surface area contributed by atoms with Crippen LogP contribution in [0.25, 0.3) is 0 Å². The van der Waals surface area contributed by atoms with E-state index in [-0.39, 0.29) is 12.0 Å². The molecule has 13 heavy (non-hydrogen) atoms. The minimum Gasteiger partial charge on any atom is -0.468 e. The van der Waals surface area contributed by atoms with E-state index in [1.54, 1.807) is 0 Å². The molecule has 0 saturated carbocycles. The normalized spacial score (nSPS) is 26.8. The van der Waals surface area contributed by atoms with E-state index in [2.05, 4.69) is 11.8 Å². The molecule has 0 aromatic heterocycles. The second-order valence-electron chi connectivity index (χ2n) is 3.78. The standard InChI is InChI=1S/C10H19NO2/c1-8-6-4-5-7-11(8)9(2)10(12)13-3/h8-9H,4-7H2,1-3H3/t8-,9-/m0/s1. The Balaban J connectivity index is 2.53. The van der Waals surface area contributed by atoms with Crippen molar-refractivity contribution in [2.45, 2.75) is 45.2 Å². The molecule has 0 radical (unpaired) electrons. The van der Waals surface area contributed by atoms with Crippen LogP contribution in [-0.4, -0.2) is 36.6 Å². The van der Waals surface area contributed by atoms with Crippen molar-refractivity contribution in [1.29, 1.82) is 0 Å². The van der Waals surface area contributed by atoms with Crippen molar-refractivity contribution >= 4 is 5.97 Å². The molecular weight excluding hydrogens is 166 g/mol. The summed E-state index contributed by atoms with van der Waals surface area (Å²) in [5.41, 5.74) is 0. The van der Waals surface area contributed by atoms with Gasteiger partial charge in [-0.05, 0) is 33.2 Å². The van der Waals surface area contributed by atoms with E-state index in [4.69, 9.17) is 4.74 Å². The van der Waals surface area contributed by atoms with Gasteiger partial charge in [-0.25, -0.2) is 0 Å². The number of piperidine rings is 1. The fourth-order valence-corrected chi connectivity index (χ4v) is 2.00.